The maximum Gasteiger partial charge on any atom is 0.306 e. The molecule has 0 spiro atoms. The molecule has 6 heteroatoms. The SMILES string of the molecule is CC/C=C\C/C=C\C/C=C\C/C=C\C/C=C\C/C=C\CCCCCCCCCCCCCCC(=O)OCC(COC(=O)CCCCCCCCCCCC)OC(=O)CCCCCCC/C=C\CCCCCCC. The molecule has 420 valence electrons. The van der Waals surface area contributed by atoms with Crippen molar-refractivity contribution in [1.82, 2.24) is 0 Å². The first-order chi connectivity index (χ1) is 36.0. The number of esters is 3. The van der Waals surface area contributed by atoms with E-state index in [0.717, 1.165) is 109 Å². The van der Waals surface area contributed by atoms with Crippen molar-refractivity contribution in [3.8, 4) is 0 Å². The Morgan fingerprint density at radius 3 is 0.849 bits per heavy atom. The zero-order valence-electron chi connectivity index (χ0n) is 48.1. The Balaban J connectivity index is 4.15. The van der Waals surface area contributed by atoms with E-state index >= 15 is 0 Å². The summed E-state index contributed by atoms with van der Waals surface area (Å²) in [7, 11) is 0. The number of ether oxygens (including phenoxy) is 3. The first-order valence-electron chi connectivity index (χ1n) is 31.1. The molecule has 1 unspecified atom stereocenters. The number of carbonyl (C=O) groups excluding carboxylic acids is 3. The fourth-order valence-electron chi connectivity index (χ4n) is 8.74. The summed E-state index contributed by atoms with van der Waals surface area (Å²) in [4.78, 5) is 38.1. The van der Waals surface area contributed by atoms with Crippen molar-refractivity contribution in [2.24, 2.45) is 0 Å². The molecule has 0 rings (SSSR count). The lowest BCUT2D eigenvalue weighted by Crippen LogP contribution is -2.30. The van der Waals surface area contributed by atoms with Gasteiger partial charge in [0.25, 0.3) is 0 Å². The number of rotatable bonds is 56. The zero-order chi connectivity index (χ0) is 52.9. The molecule has 0 aliphatic carbocycles. The van der Waals surface area contributed by atoms with Gasteiger partial charge < -0.3 is 14.2 Å². The second kappa shape index (κ2) is 61.1. The van der Waals surface area contributed by atoms with Crippen molar-refractivity contribution in [3.63, 3.8) is 0 Å². The van der Waals surface area contributed by atoms with E-state index in [-0.39, 0.29) is 31.1 Å². The van der Waals surface area contributed by atoms with Crippen LogP contribution in [-0.4, -0.2) is 37.2 Å². The highest BCUT2D eigenvalue weighted by atomic mass is 16.6. The molecule has 0 fully saturated rings. The highest BCUT2D eigenvalue weighted by molar-refractivity contribution is 5.71. The highest BCUT2D eigenvalue weighted by Gasteiger charge is 2.19. The largest absolute Gasteiger partial charge is 0.462 e. The first kappa shape index (κ1) is 69.6. The van der Waals surface area contributed by atoms with Gasteiger partial charge in [-0.05, 0) is 96.3 Å². The third kappa shape index (κ3) is 59.3. The minimum absolute atomic E-state index is 0.0764. The van der Waals surface area contributed by atoms with Crippen LogP contribution in [0.1, 0.15) is 303 Å². The average Bonchev–Trinajstić information content (AvgIpc) is 3.39. The van der Waals surface area contributed by atoms with E-state index in [2.05, 4.69) is 106 Å². The van der Waals surface area contributed by atoms with Gasteiger partial charge in [-0.15, -0.1) is 0 Å². The Morgan fingerprint density at radius 1 is 0.288 bits per heavy atom. The molecule has 0 bridgehead atoms. The van der Waals surface area contributed by atoms with Crippen molar-refractivity contribution in [3.05, 3.63) is 85.1 Å². The van der Waals surface area contributed by atoms with Crippen molar-refractivity contribution in [2.75, 3.05) is 13.2 Å². The van der Waals surface area contributed by atoms with Gasteiger partial charge in [0.1, 0.15) is 13.2 Å². The molecular weight excluding hydrogens is 901 g/mol. The van der Waals surface area contributed by atoms with Crippen molar-refractivity contribution >= 4 is 17.9 Å². The summed E-state index contributed by atoms with van der Waals surface area (Å²) in [6, 6.07) is 0. The van der Waals surface area contributed by atoms with Crippen LogP contribution in [0.2, 0.25) is 0 Å². The predicted molar refractivity (Wildman–Crippen MR) is 316 cm³/mol. The summed E-state index contributed by atoms with van der Waals surface area (Å²) < 4.78 is 16.9. The van der Waals surface area contributed by atoms with Crippen molar-refractivity contribution in [2.45, 2.75) is 309 Å². The van der Waals surface area contributed by atoms with Crippen LogP contribution in [0, 0.1) is 0 Å². The lowest BCUT2D eigenvalue weighted by atomic mass is 10.0. The summed E-state index contributed by atoms with van der Waals surface area (Å²) in [5.74, 6) is -0.879. The molecule has 6 nitrogen and oxygen atoms in total. The van der Waals surface area contributed by atoms with E-state index < -0.39 is 6.10 Å². The normalized spacial score (nSPS) is 12.6. The average molecular weight is 1020 g/mol. The third-order valence-electron chi connectivity index (χ3n) is 13.4. The number of carbonyl (C=O) groups is 3. The van der Waals surface area contributed by atoms with Gasteiger partial charge in [0, 0.05) is 19.3 Å². The van der Waals surface area contributed by atoms with Crippen LogP contribution in [0.5, 0.6) is 0 Å². The number of allylic oxidation sites excluding steroid dienone is 14. The molecule has 0 aliphatic heterocycles. The van der Waals surface area contributed by atoms with Gasteiger partial charge in [0.15, 0.2) is 6.10 Å². The topological polar surface area (TPSA) is 78.9 Å². The standard InChI is InChI=1S/C67H116O6/c1-4-7-10-13-16-19-22-24-26-27-28-29-30-31-32-33-34-35-36-37-38-39-40-41-42-44-45-48-51-54-57-60-66(69)72-63-64(62-71-65(68)59-56-53-50-47-21-18-15-12-9-6-3)73-67(70)61-58-55-52-49-46-43-25-23-20-17-14-11-8-5-2/h7,10,16,19,23-26,28-29,31-32,34-35,64H,4-6,8-9,11-15,17-18,20-22,27,30,33,36-63H2,1-3H3/b10-7-,19-16-,25-23-,26-24-,29-28-,32-31-,35-34-. The molecule has 0 amide bonds. The second-order valence-corrected chi connectivity index (χ2v) is 20.6. The lowest BCUT2D eigenvalue weighted by molar-refractivity contribution is -0.167. The minimum Gasteiger partial charge on any atom is -0.462 e. The second-order valence-electron chi connectivity index (χ2n) is 20.6. The van der Waals surface area contributed by atoms with Crippen molar-refractivity contribution in [1.29, 1.82) is 0 Å². The Bertz CT molecular complexity index is 1400. The summed E-state index contributed by atoms with van der Waals surface area (Å²) in [5, 5.41) is 0. The van der Waals surface area contributed by atoms with Crippen LogP contribution < -0.4 is 0 Å². The Labute approximate surface area is 452 Å². The van der Waals surface area contributed by atoms with Gasteiger partial charge in [-0.1, -0.05) is 273 Å². The molecule has 0 aliphatic rings. The minimum atomic E-state index is -0.778. The molecule has 0 saturated carbocycles. The number of unbranched alkanes of at least 4 members (excludes halogenated alkanes) is 31. The van der Waals surface area contributed by atoms with Gasteiger partial charge in [-0.2, -0.15) is 0 Å². The smallest absolute Gasteiger partial charge is 0.306 e. The molecule has 0 aromatic heterocycles. The lowest BCUT2D eigenvalue weighted by Gasteiger charge is -2.18. The van der Waals surface area contributed by atoms with Crippen LogP contribution >= 0.6 is 0 Å². The summed E-state index contributed by atoms with van der Waals surface area (Å²) in [6.07, 6.45) is 80.2. The molecule has 0 radical (unpaired) electrons. The van der Waals surface area contributed by atoms with Crippen LogP contribution in [0.4, 0.5) is 0 Å². The van der Waals surface area contributed by atoms with Gasteiger partial charge in [0.2, 0.25) is 0 Å². The fraction of sp³-hybridized carbons (Fsp3) is 0.746. The summed E-state index contributed by atoms with van der Waals surface area (Å²) in [6.45, 7) is 6.52. The maximum absolute atomic E-state index is 12.8. The third-order valence-corrected chi connectivity index (χ3v) is 13.4. The Morgan fingerprint density at radius 2 is 0.534 bits per heavy atom. The molecule has 0 saturated heterocycles. The van der Waals surface area contributed by atoms with E-state index in [1.807, 2.05) is 0 Å². The molecule has 1 atom stereocenters. The highest BCUT2D eigenvalue weighted by Crippen LogP contribution is 2.16. The van der Waals surface area contributed by atoms with Crippen LogP contribution in [0.3, 0.4) is 0 Å². The number of hydrogen-bond acceptors (Lipinski definition) is 6. The molecular formula is C67H116O6. The van der Waals surface area contributed by atoms with Crippen LogP contribution in [-0.2, 0) is 28.6 Å². The zero-order valence-corrected chi connectivity index (χ0v) is 48.1. The van der Waals surface area contributed by atoms with Crippen LogP contribution in [0.15, 0.2) is 85.1 Å². The maximum atomic E-state index is 12.8. The van der Waals surface area contributed by atoms with Crippen molar-refractivity contribution < 1.29 is 28.6 Å². The molecule has 0 N–H and O–H groups in total. The molecule has 73 heavy (non-hydrogen) atoms. The van der Waals surface area contributed by atoms with E-state index in [1.165, 1.54) is 154 Å². The monoisotopic (exact) mass is 1020 g/mol. The first-order valence-corrected chi connectivity index (χ1v) is 31.1. The van der Waals surface area contributed by atoms with E-state index in [1.54, 1.807) is 0 Å². The van der Waals surface area contributed by atoms with Gasteiger partial charge in [0.05, 0.1) is 0 Å². The van der Waals surface area contributed by atoms with E-state index in [9.17, 15) is 14.4 Å². The quantitative estimate of drug-likeness (QED) is 0.0261. The number of hydrogen-bond donors (Lipinski definition) is 0. The van der Waals surface area contributed by atoms with Gasteiger partial charge in [-0.3, -0.25) is 14.4 Å². The predicted octanol–water partition coefficient (Wildman–Crippen LogP) is 21.1. The van der Waals surface area contributed by atoms with E-state index in [4.69, 9.17) is 14.2 Å². The Kier molecular flexibility index (Phi) is 58.3. The molecule has 0 heterocycles. The van der Waals surface area contributed by atoms with Gasteiger partial charge >= 0.3 is 17.9 Å². The van der Waals surface area contributed by atoms with Gasteiger partial charge in [-0.25, -0.2) is 0 Å². The Hall–Kier alpha value is -3.41. The summed E-state index contributed by atoms with van der Waals surface area (Å²) >= 11 is 0. The molecule has 0 aromatic carbocycles. The van der Waals surface area contributed by atoms with E-state index in [0.29, 0.717) is 19.3 Å². The molecule has 0 aromatic rings. The van der Waals surface area contributed by atoms with Crippen LogP contribution in [0.25, 0.3) is 0 Å². The summed E-state index contributed by atoms with van der Waals surface area (Å²) in [5.41, 5.74) is 0. The fourth-order valence-corrected chi connectivity index (χ4v) is 8.74.